The van der Waals surface area contributed by atoms with Gasteiger partial charge in [0.1, 0.15) is 15.7 Å². The van der Waals surface area contributed by atoms with Crippen molar-refractivity contribution < 1.29 is 8.42 Å². The molecule has 84 valence electrons. The summed E-state index contributed by atoms with van der Waals surface area (Å²) in [4.78, 5) is 7.09. The predicted molar refractivity (Wildman–Crippen MR) is 57.1 cm³/mol. The van der Waals surface area contributed by atoms with Crippen LogP contribution in [0.25, 0.3) is 0 Å². The molecule has 0 aromatic carbocycles. The van der Waals surface area contributed by atoms with Crippen LogP contribution >= 0.6 is 0 Å². The van der Waals surface area contributed by atoms with Crippen molar-refractivity contribution in [3.8, 4) is 0 Å². The van der Waals surface area contributed by atoms with Gasteiger partial charge < -0.3 is 10.3 Å². The molecule has 1 fully saturated rings. The molecule has 0 radical (unpaired) electrons. The lowest BCUT2D eigenvalue weighted by molar-refractivity contribution is 0.458. The normalized spacial score (nSPS) is 21.6. The molecule has 0 atom stereocenters. The lowest BCUT2D eigenvalue weighted by Crippen LogP contribution is -2.37. The first-order chi connectivity index (χ1) is 7.16. The van der Waals surface area contributed by atoms with E-state index < -0.39 is 9.84 Å². The molecule has 0 saturated carbocycles. The summed E-state index contributed by atoms with van der Waals surface area (Å²) in [7, 11) is -2.75. The third-order valence-electron chi connectivity index (χ3n) is 2.67. The van der Waals surface area contributed by atoms with Crippen molar-refractivity contribution in [1.29, 1.82) is 0 Å². The molecule has 0 unspecified atom stereocenters. The van der Waals surface area contributed by atoms with Crippen LogP contribution < -0.4 is 5.32 Å². The number of rotatable bonds is 3. The van der Waals surface area contributed by atoms with Crippen LogP contribution in [-0.4, -0.2) is 35.9 Å². The smallest absolute Gasteiger partial charge is 0.150 e. The minimum absolute atomic E-state index is 0.304. The van der Waals surface area contributed by atoms with Gasteiger partial charge in [-0.1, -0.05) is 0 Å². The van der Waals surface area contributed by atoms with Gasteiger partial charge in [0, 0.05) is 18.4 Å². The molecule has 5 nitrogen and oxygen atoms in total. The van der Waals surface area contributed by atoms with Gasteiger partial charge in [0.05, 0.1) is 18.1 Å². The molecule has 15 heavy (non-hydrogen) atoms. The van der Waals surface area contributed by atoms with Gasteiger partial charge in [-0.25, -0.2) is 13.4 Å². The van der Waals surface area contributed by atoms with Gasteiger partial charge >= 0.3 is 0 Å². The summed E-state index contributed by atoms with van der Waals surface area (Å²) in [6.07, 6.45) is 4.91. The molecule has 1 aromatic rings. The summed E-state index contributed by atoms with van der Waals surface area (Å²) >= 11 is 0. The van der Waals surface area contributed by atoms with Crippen molar-refractivity contribution in [3.05, 3.63) is 18.2 Å². The fourth-order valence-corrected chi connectivity index (χ4v) is 3.22. The number of sulfone groups is 1. The Kier molecular flexibility index (Phi) is 3.06. The molecular formula is C9H15N3O2S. The zero-order valence-electron chi connectivity index (χ0n) is 8.44. The number of H-pyrrole nitrogens is 1. The lowest BCUT2D eigenvalue weighted by Gasteiger charge is -2.22. The standard InChI is InChI=1S/C9H15N3O2S/c13-15(14)5-1-8(2-6-15)12-7-9-10-3-4-11-9/h3-4,8,12H,1-2,5-7H2,(H,10,11). The van der Waals surface area contributed by atoms with E-state index in [2.05, 4.69) is 15.3 Å². The molecular weight excluding hydrogens is 214 g/mol. The minimum atomic E-state index is -2.75. The lowest BCUT2D eigenvalue weighted by atomic mass is 10.1. The second kappa shape index (κ2) is 4.32. The Morgan fingerprint density at radius 2 is 2.20 bits per heavy atom. The molecule has 1 aliphatic heterocycles. The molecule has 0 aliphatic carbocycles. The molecule has 2 N–H and O–H groups in total. The monoisotopic (exact) mass is 229 g/mol. The van der Waals surface area contributed by atoms with Crippen molar-refractivity contribution in [2.24, 2.45) is 0 Å². The van der Waals surface area contributed by atoms with E-state index in [1.54, 1.807) is 12.4 Å². The third kappa shape index (κ3) is 3.04. The van der Waals surface area contributed by atoms with E-state index in [0.717, 1.165) is 5.82 Å². The third-order valence-corrected chi connectivity index (χ3v) is 4.38. The van der Waals surface area contributed by atoms with E-state index in [1.807, 2.05) is 0 Å². The number of nitrogens with one attached hydrogen (secondary N) is 2. The Morgan fingerprint density at radius 1 is 1.47 bits per heavy atom. The summed E-state index contributed by atoms with van der Waals surface area (Å²) in [6, 6.07) is 0.304. The maximum Gasteiger partial charge on any atom is 0.150 e. The Bertz CT molecular complexity index is 385. The van der Waals surface area contributed by atoms with Gasteiger partial charge in [0.15, 0.2) is 0 Å². The highest BCUT2D eigenvalue weighted by Crippen LogP contribution is 2.12. The maximum atomic E-state index is 11.2. The van der Waals surface area contributed by atoms with Gasteiger partial charge in [0.2, 0.25) is 0 Å². The Balaban J connectivity index is 1.78. The van der Waals surface area contributed by atoms with Gasteiger partial charge in [-0.05, 0) is 12.8 Å². The van der Waals surface area contributed by atoms with E-state index >= 15 is 0 Å². The summed E-state index contributed by atoms with van der Waals surface area (Å²) in [5.74, 6) is 1.51. The largest absolute Gasteiger partial charge is 0.348 e. The summed E-state index contributed by atoms with van der Waals surface area (Å²) < 4.78 is 22.4. The first-order valence-corrected chi connectivity index (χ1v) is 6.90. The molecule has 1 aliphatic rings. The molecule has 1 saturated heterocycles. The van der Waals surface area contributed by atoms with Gasteiger partial charge in [0.25, 0.3) is 0 Å². The highest BCUT2D eigenvalue weighted by atomic mass is 32.2. The number of hydrogen-bond donors (Lipinski definition) is 2. The molecule has 6 heteroatoms. The Labute approximate surface area is 89.2 Å². The highest BCUT2D eigenvalue weighted by molar-refractivity contribution is 7.91. The van der Waals surface area contributed by atoms with Gasteiger partial charge in [-0.15, -0.1) is 0 Å². The van der Waals surface area contributed by atoms with Crippen LogP contribution in [0.5, 0.6) is 0 Å². The summed E-state index contributed by atoms with van der Waals surface area (Å²) in [5.41, 5.74) is 0. The maximum absolute atomic E-state index is 11.2. The topological polar surface area (TPSA) is 74.8 Å². The van der Waals surface area contributed by atoms with Crippen LogP contribution in [0, 0.1) is 0 Å². The first kappa shape index (κ1) is 10.6. The van der Waals surface area contributed by atoms with Crippen molar-refractivity contribution in [1.82, 2.24) is 15.3 Å². The average Bonchev–Trinajstić information content (AvgIpc) is 2.69. The molecule has 2 heterocycles. The van der Waals surface area contributed by atoms with Crippen LogP contribution in [0.4, 0.5) is 0 Å². The molecule has 1 aromatic heterocycles. The van der Waals surface area contributed by atoms with Gasteiger partial charge in [-0.2, -0.15) is 0 Å². The van der Waals surface area contributed by atoms with Crippen molar-refractivity contribution in [2.45, 2.75) is 25.4 Å². The Morgan fingerprint density at radius 3 is 2.80 bits per heavy atom. The van der Waals surface area contributed by atoms with Crippen LogP contribution in [-0.2, 0) is 16.4 Å². The first-order valence-electron chi connectivity index (χ1n) is 5.08. The summed E-state index contributed by atoms with van der Waals surface area (Å²) in [5, 5.41) is 3.30. The quantitative estimate of drug-likeness (QED) is 0.769. The van der Waals surface area contributed by atoms with Gasteiger partial charge in [-0.3, -0.25) is 0 Å². The summed E-state index contributed by atoms with van der Waals surface area (Å²) in [6.45, 7) is 0.678. The van der Waals surface area contributed by atoms with Crippen LogP contribution in [0.15, 0.2) is 12.4 Å². The average molecular weight is 229 g/mol. The second-order valence-corrected chi connectivity index (χ2v) is 6.15. The molecule has 0 bridgehead atoms. The second-order valence-electron chi connectivity index (χ2n) is 3.84. The zero-order valence-corrected chi connectivity index (χ0v) is 9.26. The Hall–Kier alpha value is -0.880. The fraction of sp³-hybridized carbons (Fsp3) is 0.667. The van der Waals surface area contributed by atoms with Crippen molar-refractivity contribution >= 4 is 9.84 Å². The highest BCUT2D eigenvalue weighted by Gasteiger charge is 2.22. The molecule has 0 amide bonds. The molecule has 2 rings (SSSR count). The number of nitrogens with zero attached hydrogens (tertiary/aromatic N) is 1. The SMILES string of the molecule is O=S1(=O)CCC(NCc2ncc[nH]2)CC1. The zero-order chi connectivity index (χ0) is 10.7. The van der Waals surface area contributed by atoms with Crippen LogP contribution in [0.1, 0.15) is 18.7 Å². The molecule has 0 spiro atoms. The van der Waals surface area contributed by atoms with Crippen LogP contribution in [0.3, 0.4) is 0 Å². The van der Waals surface area contributed by atoms with E-state index in [0.29, 0.717) is 36.9 Å². The van der Waals surface area contributed by atoms with E-state index in [-0.39, 0.29) is 0 Å². The number of aromatic nitrogens is 2. The van der Waals surface area contributed by atoms with Crippen molar-refractivity contribution in [2.75, 3.05) is 11.5 Å². The number of aromatic amines is 1. The number of imidazole rings is 1. The van der Waals surface area contributed by atoms with E-state index in [1.165, 1.54) is 0 Å². The van der Waals surface area contributed by atoms with Crippen molar-refractivity contribution in [3.63, 3.8) is 0 Å². The van der Waals surface area contributed by atoms with E-state index in [4.69, 9.17) is 0 Å². The fourth-order valence-electron chi connectivity index (χ4n) is 1.73. The van der Waals surface area contributed by atoms with Crippen LogP contribution in [0.2, 0.25) is 0 Å². The predicted octanol–water partition coefficient (Wildman–Crippen LogP) is 0.0765. The minimum Gasteiger partial charge on any atom is -0.348 e. The number of hydrogen-bond acceptors (Lipinski definition) is 4. The van der Waals surface area contributed by atoms with E-state index in [9.17, 15) is 8.42 Å².